The molecular formula is C22H23F2N5OS. The number of thiophene rings is 1. The summed E-state index contributed by atoms with van der Waals surface area (Å²) in [7, 11) is 0. The predicted octanol–water partition coefficient (Wildman–Crippen LogP) is 4.82. The van der Waals surface area contributed by atoms with Crippen LogP contribution in [0.3, 0.4) is 0 Å². The highest BCUT2D eigenvalue weighted by Gasteiger charge is 2.31. The number of nitrogens with one attached hydrogen (secondary N) is 1. The molecule has 0 unspecified atom stereocenters. The average molecular weight is 444 g/mol. The number of piperazine rings is 1. The van der Waals surface area contributed by atoms with Crippen LogP contribution in [-0.4, -0.2) is 47.1 Å². The van der Waals surface area contributed by atoms with Gasteiger partial charge in [0.15, 0.2) is 0 Å². The Morgan fingerprint density at radius 2 is 1.87 bits per heavy atom. The molecule has 9 heteroatoms. The van der Waals surface area contributed by atoms with Crippen LogP contribution < -0.4 is 10.2 Å². The van der Waals surface area contributed by atoms with Gasteiger partial charge in [0, 0.05) is 43.0 Å². The molecule has 0 atom stereocenters. The Labute approximate surface area is 182 Å². The van der Waals surface area contributed by atoms with Crippen LogP contribution in [0.25, 0.3) is 10.2 Å². The molecule has 1 N–H and O–H groups in total. The van der Waals surface area contributed by atoms with Gasteiger partial charge in [0.25, 0.3) is 0 Å². The first-order chi connectivity index (χ1) is 14.9. The molecule has 1 aliphatic carbocycles. The van der Waals surface area contributed by atoms with Crippen LogP contribution in [0.5, 0.6) is 0 Å². The van der Waals surface area contributed by atoms with Crippen molar-refractivity contribution in [2.24, 2.45) is 0 Å². The first kappa shape index (κ1) is 20.1. The summed E-state index contributed by atoms with van der Waals surface area (Å²) in [5, 5.41) is 3.65. The number of carbonyl (C=O) groups is 1. The van der Waals surface area contributed by atoms with Gasteiger partial charge in [-0.05, 0) is 44.4 Å². The lowest BCUT2D eigenvalue weighted by molar-refractivity contribution is 0.208. The van der Waals surface area contributed by atoms with Crippen molar-refractivity contribution in [1.29, 1.82) is 0 Å². The summed E-state index contributed by atoms with van der Waals surface area (Å²) in [6.07, 6.45) is 2.28. The molecule has 2 aliphatic rings. The molecule has 1 aliphatic heterocycles. The third kappa shape index (κ3) is 3.82. The molecule has 162 valence electrons. The molecule has 2 fully saturated rings. The Morgan fingerprint density at radius 3 is 2.55 bits per heavy atom. The molecule has 0 bridgehead atoms. The molecule has 31 heavy (non-hydrogen) atoms. The minimum Gasteiger partial charge on any atom is -0.352 e. The van der Waals surface area contributed by atoms with Crippen LogP contribution in [0.4, 0.5) is 25.1 Å². The van der Waals surface area contributed by atoms with E-state index in [-0.39, 0.29) is 11.7 Å². The Kier molecular flexibility index (Phi) is 5.00. The van der Waals surface area contributed by atoms with E-state index in [1.54, 1.807) is 16.2 Å². The minimum absolute atomic E-state index is 0.0233. The van der Waals surface area contributed by atoms with Gasteiger partial charge in [-0.15, -0.1) is 11.3 Å². The van der Waals surface area contributed by atoms with Crippen molar-refractivity contribution in [3.05, 3.63) is 46.1 Å². The Bertz CT molecular complexity index is 1170. The molecule has 1 saturated carbocycles. The summed E-state index contributed by atoms with van der Waals surface area (Å²) < 4.78 is 27.0. The number of rotatable bonds is 3. The molecule has 5 rings (SSSR count). The summed E-state index contributed by atoms with van der Waals surface area (Å²) in [5.41, 5.74) is 1.19. The van der Waals surface area contributed by atoms with Gasteiger partial charge in [0.1, 0.15) is 28.1 Å². The number of aryl methyl sites for hydroxylation is 2. The van der Waals surface area contributed by atoms with Gasteiger partial charge in [-0.3, -0.25) is 0 Å². The molecule has 3 aromatic rings. The third-order valence-electron chi connectivity index (χ3n) is 6.01. The lowest BCUT2D eigenvalue weighted by Gasteiger charge is -2.35. The summed E-state index contributed by atoms with van der Waals surface area (Å²) in [6, 6.07) is 2.73. The third-order valence-corrected chi connectivity index (χ3v) is 7.11. The lowest BCUT2D eigenvalue weighted by atomic mass is 10.2. The molecule has 6 nitrogen and oxygen atoms in total. The Hall–Kier alpha value is -2.81. The molecule has 2 amide bonds. The smallest absolute Gasteiger partial charge is 0.322 e. The topological polar surface area (TPSA) is 61.4 Å². The van der Waals surface area contributed by atoms with Gasteiger partial charge in [-0.2, -0.15) is 0 Å². The Balaban J connectivity index is 1.33. The predicted molar refractivity (Wildman–Crippen MR) is 118 cm³/mol. The van der Waals surface area contributed by atoms with E-state index in [9.17, 15) is 13.6 Å². The Morgan fingerprint density at radius 1 is 1.13 bits per heavy atom. The van der Waals surface area contributed by atoms with E-state index in [4.69, 9.17) is 9.97 Å². The van der Waals surface area contributed by atoms with Crippen molar-refractivity contribution in [2.75, 3.05) is 36.4 Å². The van der Waals surface area contributed by atoms with Gasteiger partial charge in [-0.1, -0.05) is 0 Å². The van der Waals surface area contributed by atoms with Gasteiger partial charge < -0.3 is 15.1 Å². The maximum atomic E-state index is 13.9. The van der Waals surface area contributed by atoms with E-state index < -0.39 is 11.6 Å². The maximum Gasteiger partial charge on any atom is 0.322 e. The van der Waals surface area contributed by atoms with Crippen LogP contribution >= 0.6 is 11.3 Å². The fourth-order valence-electron chi connectivity index (χ4n) is 3.90. The van der Waals surface area contributed by atoms with E-state index >= 15 is 0 Å². The number of carbonyl (C=O) groups excluding carboxylic acids is 1. The summed E-state index contributed by atoms with van der Waals surface area (Å²) >= 11 is 1.71. The number of urea groups is 1. The van der Waals surface area contributed by atoms with Crippen molar-refractivity contribution in [3.63, 3.8) is 0 Å². The minimum atomic E-state index is -0.786. The zero-order chi connectivity index (χ0) is 21.7. The number of hydrogen-bond donors (Lipinski definition) is 1. The van der Waals surface area contributed by atoms with Gasteiger partial charge >= 0.3 is 6.03 Å². The zero-order valence-corrected chi connectivity index (χ0v) is 18.2. The number of nitrogens with zero attached hydrogens (tertiary/aromatic N) is 4. The highest BCUT2D eigenvalue weighted by atomic mass is 32.1. The average Bonchev–Trinajstić information content (AvgIpc) is 3.56. The van der Waals surface area contributed by atoms with E-state index in [2.05, 4.69) is 24.1 Å². The fraction of sp³-hybridized carbons (Fsp3) is 0.409. The monoisotopic (exact) mass is 443 g/mol. The van der Waals surface area contributed by atoms with E-state index in [0.29, 0.717) is 32.1 Å². The zero-order valence-electron chi connectivity index (χ0n) is 17.4. The number of hydrogen-bond acceptors (Lipinski definition) is 5. The molecule has 3 heterocycles. The highest BCUT2D eigenvalue weighted by Crippen LogP contribution is 2.42. The largest absolute Gasteiger partial charge is 0.352 e. The van der Waals surface area contributed by atoms with E-state index in [0.717, 1.165) is 46.8 Å². The molecule has 2 aromatic heterocycles. The van der Waals surface area contributed by atoms with Crippen LogP contribution in [0.1, 0.15) is 35.0 Å². The normalized spacial score (nSPS) is 16.8. The second kappa shape index (κ2) is 7.71. The quantitative estimate of drug-likeness (QED) is 0.631. The van der Waals surface area contributed by atoms with Crippen molar-refractivity contribution < 1.29 is 13.6 Å². The second-order valence-corrected chi connectivity index (χ2v) is 9.37. The SMILES string of the molecule is Cc1sc2nc(C3CC3)nc(N3CCN(C(=O)Nc4ccc(F)cc4F)CC3)c2c1C. The van der Waals surface area contributed by atoms with Gasteiger partial charge in [-0.25, -0.2) is 23.5 Å². The first-order valence-electron chi connectivity index (χ1n) is 10.4. The second-order valence-electron chi connectivity index (χ2n) is 8.17. The van der Waals surface area contributed by atoms with E-state index in [1.807, 2.05) is 0 Å². The van der Waals surface area contributed by atoms with Crippen LogP contribution in [0.15, 0.2) is 18.2 Å². The van der Waals surface area contributed by atoms with Gasteiger partial charge in [0.2, 0.25) is 0 Å². The maximum absolute atomic E-state index is 13.9. The number of benzene rings is 1. The molecular weight excluding hydrogens is 420 g/mol. The molecule has 0 spiro atoms. The lowest BCUT2D eigenvalue weighted by Crippen LogP contribution is -2.50. The number of halogens is 2. The van der Waals surface area contributed by atoms with Crippen molar-refractivity contribution in [3.8, 4) is 0 Å². The number of anilines is 2. The highest BCUT2D eigenvalue weighted by molar-refractivity contribution is 7.18. The number of fused-ring (bicyclic) bond motifs is 1. The van der Waals surface area contributed by atoms with Crippen molar-refractivity contribution in [2.45, 2.75) is 32.6 Å². The number of aromatic nitrogens is 2. The van der Waals surface area contributed by atoms with Crippen LogP contribution in [0.2, 0.25) is 0 Å². The first-order valence-corrected chi connectivity index (χ1v) is 11.3. The van der Waals surface area contributed by atoms with Gasteiger partial charge in [0.05, 0.1) is 11.1 Å². The van der Waals surface area contributed by atoms with Crippen molar-refractivity contribution in [1.82, 2.24) is 14.9 Å². The van der Waals surface area contributed by atoms with Crippen molar-refractivity contribution >= 4 is 39.1 Å². The van der Waals surface area contributed by atoms with Crippen LogP contribution in [0, 0.1) is 25.5 Å². The summed E-state index contributed by atoms with van der Waals surface area (Å²) in [4.78, 5) is 28.5. The number of amides is 2. The standard InChI is InChI=1S/C22H23F2N5OS/c1-12-13(2)31-21-18(12)20(26-19(27-21)14-3-4-14)28-7-9-29(10-8-28)22(30)25-17-6-5-15(23)11-16(17)24/h5-6,11,14H,3-4,7-10H2,1-2H3,(H,25,30). The fourth-order valence-corrected chi connectivity index (χ4v) is 4.93. The molecule has 1 aromatic carbocycles. The molecule has 1 saturated heterocycles. The van der Waals surface area contributed by atoms with E-state index in [1.165, 1.54) is 16.5 Å². The molecule has 0 radical (unpaired) electrons. The summed E-state index contributed by atoms with van der Waals surface area (Å²) in [5.74, 6) is 0.883. The summed E-state index contributed by atoms with van der Waals surface area (Å²) in [6.45, 7) is 6.45. The van der Waals surface area contributed by atoms with Crippen LogP contribution in [-0.2, 0) is 0 Å².